The molecule has 0 aromatic rings. The van der Waals surface area contributed by atoms with Crippen molar-refractivity contribution in [2.45, 2.75) is 20.3 Å². The van der Waals surface area contributed by atoms with Gasteiger partial charge in [0.2, 0.25) is 0 Å². The van der Waals surface area contributed by atoms with Crippen molar-refractivity contribution in [3.8, 4) is 0 Å². The van der Waals surface area contributed by atoms with Gasteiger partial charge in [0.05, 0.1) is 6.61 Å². The van der Waals surface area contributed by atoms with Crippen LogP contribution in [0.4, 0.5) is 0 Å². The Morgan fingerprint density at radius 1 is 1.57 bits per heavy atom. The van der Waals surface area contributed by atoms with E-state index in [4.69, 9.17) is 4.18 Å². The van der Waals surface area contributed by atoms with Gasteiger partial charge >= 0.3 is 0 Å². The Bertz CT molecular complexity index is 266. The first-order valence-corrected chi connectivity index (χ1v) is 6.24. The summed E-state index contributed by atoms with van der Waals surface area (Å²) in [5.74, 6) is 0.586. The van der Waals surface area contributed by atoms with Crippen molar-refractivity contribution in [2.75, 3.05) is 6.61 Å². The minimum atomic E-state index is 0.586. The number of allylic oxidation sites excluding steroid dienone is 5. The lowest BCUT2D eigenvalue weighted by Crippen LogP contribution is -1.95. The predicted octanol–water partition coefficient (Wildman–Crippen LogP) is 4.43. The minimum Gasteiger partial charge on any atom is -0.310 e. The summed E-state index contributed by atoms with van der Waals surface area (Å²) in [6, 6.07) is 0. The van der Waals surface area contributed by atoms with Crippen LogP contribution in [0.15, 0.2) is 33.7 Å². The first-order valence-electron chi connectivity index (χ1n) is 4.71. The van der Waals surface area contributed by atoms with Crippen LogP contribution in [-0.2, 0) is 4.18 Å². The van der Waals surface area contributed by atoms with Gasteiger partial charge in [0.15, 0.2) is 0 Å². The van der Waals surface area contributed by atoms with Crippen molar-refractivity contribution in [3.05, 3.63) is 33.7 Å². The molecule has 0 bridgehead atoms. The number of hydrogen-bond donors (Lipinski definition) is 0. The summed E-state index contributed by atoms with van der Waals surface area (Å²) in [5, 5.41) is 0. The topological polar surface area (TPSA) is 9.23 Å². The largest absolute Gasteiger partial charge is 0.310 e. The molecule has 0 aromatic carbocycles. The van der Waals surface area contributed by atoms with Gasteiger partial charge in [-0.1, -0.05) is 48.0 Å². The van der Waals surface area contributed by atoms with E-state index >= 15 is 0 Å². The van der Waals surface area contributed by atoms with Crippen LogP contribution in [0.5, 0.6) is 0 Å². The molecule has 14 heavy (non-hydrogen) atoms. The maximum atomic E-state index is 5.48. The molecule has 3 heteroatoms. The average molecular weight is 275 g/mol. The Balaban J connectivity index is 2.32. The van der Waals surface area contributed by atoms with Gasteiger partial charge in [-0.25, -0.2) is 0 Å². The quantitative estimate of drug-likeness (QED) is 0.702. The molecular weight excluding hydrogens is 260 g/mol. The van der Waals surface area contributed by atoms with Crippen LogP contribution in [0.2, 0.25) is 0 Å². The van der Waals surface area contributed by atoms with E-state index in [0.29, 0.717) is 5.92 Å². The fourth-order valence-electron chi connectivity index (χ4n) is 0.881. The molecule has 0 atom stereocenters. The van der Waals surface area contributed by atoms with Gasteiger partial charge in [-0.15, -0.1) is 0 Å². The third-order valence-electron chi connectivity index (χ3n) is 1.59. The molecule has 1 nitrogen and oxygen atoms in total. The van der Waals surface area contributed by atoms with Crippen LogP contribution in [-0.4, -0.2) is 6.61 Å². The van der Waals surface area contributed by atoms with Crippen molar-refractivity contribution in [3.63, 3.8) is 0 Å². The Kier molecular flexibility index (Phi) is 5.60. The van der Waals surface area contributed by atoms with Crippen LogP contribution in [0.3, 0.4) is 0 Å². The van der Waals surface area contributed by atoms with Crippen molar-refractivity contribution >= 4 is 28.0 Å². The van der Waals surface area contributed by atoms with Crippen LogP contribution >= 0.6 is 28.0 Å². The molecule has 0 heterocycles. The van der Waals surface area contributed by atoms with E-state index in [-0.39, 0.29) is 0 Å². The van der Waals surface area contributed by atoms with E-state index in [1.165, 1.54) is 21.4 Å². The molecule has 1 aliphatic carbocycles. The second-order valence-electron chi connectivity index (χ2n) is 3.54. The minimum absolute atomic E-state index is 0.586. The van der Waals surface area contributed by atoms with Gasteiger partial charge in [0.1, 0.15) is 0 Å². The molecule has 0 saturated heterocycles. The van der Waals surface area contributed by atoms with E-state index < -0.39 is 0 Å². The van der Waals surface area contributed by atoms with E-state index in [1.54, 1.807) is 0 Å². The lowest BCUT2D eigenvalue weighted by molar-refractivity contribution is 0.317. The predicted molar refractivity (Wildman–Crippen MR) is 67.2 cm³/mol. The van der Waals surface area contributed by atoms with Gasteiger partial charge in [-0.05, 0) is 22.9 Å². The van der Waals surface area contributed by atoms with Crippen LogP contribution in [0, 0.1) is 5.92 Å². The van der Waals surface area contributed by atoms with E-state index in [1.807, 2.05) is 6.08 Å². The van der Waals surface area contributed by atoms with Crippen molar-refractivity contribution < 1.29 is 4.18 Å². The smallest absolute Gasteiger partial charge is 0.0641 e. The van der Waals surface area contributed by atoms with E-state index in [9.17, 15) is 0 Å². The molecule has 0 N–H and O–H groups in total. The Morgan fingerprint density at radius 2 is 2.36 bits per heavy atom. The molecule has 0 unspecified atom stereocenters. The molecular formula is C11H15BrOS. The Morgan fingerprint density at radius 3 is 3.07 bits per heavy atom. The summed E-state index contributed by atoms with van der Waals surface area (Å²) < 4.78 is 6.69. The van der Waals surface area contributed by atoms with Crippen LogP contribution in [0.1, 0.15) is 20.3 Å². The summed E-state index contributed by atoms with van der Waals surface area (Å²) in [7, 11) is 0. The molecule has 0 aromatic heterocycles. The summed E-state index contributed by atoms with van der Waals surface area (Å²) in [6.07, 6.45) is 9.27. The number of hydrogen-bond acceptors (Lipinski definition) is 2. The highest BCUT2D eigenvalue weighted by Gasteiger charge is 2.00. The highest BCUT2D eigenvalue weighted by molar-refractivity contribution is 9.11. The zero-order chi connectivity index (χ0) is 10.4. The monoisotopic (exact) mass is 274 g/mol. The Labute approximate surface area is 98.6 Å². The Hall–Kier alpha value is 0.01000. The molecule has 0 aliphatic heterocycles. The van der Waals surface area contributed by atoms with Gasteiger partial charge < -0.3 is 4.18 Å². The maximum Gasteiger partial charge on any atom is 0.0641 e. The number of halogens is 1. The first-order chi connectivity index (χ1) is 6.68. The van der Waals surface area contributed by atoms with E-state index in [2.05, 4.69) is 48.0 Å². The third kappa shape index (κ3) is 5.03. The highest BCUT2D eigenvalue weighted by Crippen LogP contribution is 2.25. The van der Waals surface area contributed by atoms with Crippen LogP contribution in [0.25, 0.3) is 0 Å². The second-order valence-corrected chi connectivity index (χ2v) is 5.44. The zero-order valence-corrected chi connectivity index (χ0v) is 10.9. The fraction of sp³-hybridized carbons (Fsp3) is 0.455. The molecule has 0 fully saturated rings. The lowest BCUT2D eigenvalue weighted by atomic mass is 10.2. The fourth-order valence-corrected chi connectivity index (χ4v) is 1.96. The lowest BCUT2D eigenvalue weighted by Gasteiger charge is -2.05. The maximum absolute atomic E-state index is 5.48. The highest BCUT2D eigenvalue weighted by atomic mass is 79.9. The SMILES string of the molecule is CC(C)COSC1=CCC(Br)=CC=C1. The van der Waals surface area contributed by atoms with Gasteiger partial charge in [-0.3, -0.25) is 0 Å². The van der Waals surface area contributed by atoms with Gasteiger partial charge in [0, 0.05) is 16.9 Å². The standard InChI is InChI=1S/C11H15BrOS/c1-9(2)8-13-14-11-5-3-4-10(12)6-7-11/h3-5,7,9H,6,8H2,1-2H3. The van der Waals surface area contributed by atoms with Crippen molar-refractivity contribution in [1.82, 2.24) is 0 Å². The molecule has 78 valence electrons. The second kappa shape index (κ2) is 6.49. The number of rotatable bonds is 4. The first kappa shape index (κ1) is 12.1. The summed E-state index contributed by atoms with van der Waals surface area (Å²) in [6.45, 7) is 5.09. The van der Waals surface area contributed by atoms with Gasteiger partial charge in [0.25, 0.3) is 0 Å². The normalized spacial score (nSPS) is 16.6. The van der Waals surface area contributed by atoms with Crippen molar-refractivity contribution in [1.29, 1.82) is 0 Å². The van der Waals surface area contributed by atoms with E-state index in [0.717, 1.165) is 13.0 Å². The summed E-state index contributed by atoms with van der Waals surface area (Å²) in [5.41, 5.74) is 0. The van der Waals surface area contributed by atoms with Gasteiger partial charge in [-0.2, -0.15) is 0 Å². The molecule has 1 aliphatic rings. The van der Waals surface area contributed by atoms with Crippen LogP contribution < -0.4 is 0 Å². The molecule has 0 radical (unpaired) electrons. The molecule has 0 amide bonds. The third-order valence-corrected chi connectivity index (χ3v) is 2.93. The molecule has 0 spiro atoms. The summed E-state index contributed by atoms with van der Waals surface area (Å²) in [4.78, 5) is 1.18. The van der Waals surface area contributed by atoms with Crippen molar-refractivity contribution in [2.24, 2.45) is 5.92 Å². The average Bonchev–Trinajstić information content (AvgIpc) is 2.30. The molecule has 0 saturated carbocycles. The molecule has 1 rings (SSSR count). The summed E-state index contributed by atoms with van der Waals surface area (Å²) >= 11 is 4.93. The zero-order valence-electron chi connectivity index (χ0n) is 8.50.